The lowest BCUT2D eigenvalue weighted by Gasteiger charge is -2.21. The minimum Gasteiger partial charge on any atom is -0.403 e. The molecule has 2 heterocycles. The number of nitrogens with zero attached hydrogens (tertiary/aromatic N) is 3. The zero-order valence-corrected chi connectivity index (χ0v) is 15.4. The van der Waals surface area contributed by atoms with E-state index in [9.17, 15) is 0 Å². The summed E-state index contributed by atoms with van der Waals surface area (Å²) in [4.78, 5) is 4.56. The van der Waals surface area contributed by atoms with Crippen molar-refractivity contribution in [3.8, 4) is 5.69 Å². The Kier molecular flexibility index (Phi) is 4.85. The zero-order chi connectivity index (χ0) is 18.8. The average Bonchev–Trinajstić information content (AvgIpc) is 3.03. The Bertz CT molecular complexity index is 983. The van der Waals surface area contributed by atoms with Gasteiger partial charge in [0.15, 0.2) is 0 Å². The van der Waals surface area contributed by atoms with Crippen LogP contribution in [0.3, 0.4) is 0 Å². The van der Waals surface area contributed by atoms with Gasteiger partial charge in [-0.1, -0.05) is 41.9 Å². The number of anilines is 1. The fraction of sp³-hybridized carbons (Fsp3) is 0.150. The third-order valence-corrected chi connectivity index (χ3v) is 4.85. The van der Waals surface area contributed by atoms with E-state index in [1.54, 1.807) is 11.3 Å². The second kappa shape index (κ2) is 7.44. The first-order chi connectivity index (χ1) is 13.2. The average molecular weight is 382 g/mol. The van der Waals surface area contributed by atoms with Crippen LogP contribution in [0.4, 0.5) is 5.69 Å². The van der Waals surface area contributed by atoms with Gasteiger partial charge in [0.1, 0.15) is 0 Å². The summed E-state index contributed by atoms with van der Waals surface area (Å²) in [5, 5.41) is 2.18. The minimum atomic E-state index is 0.405. The number of hydrazine groups is 1. The Hall–Kier alpha value is -2.80. The van der Waals surface area contributed by atoms with Gasteiger partial charge in [0.25, 0.3) is 0 Å². The van der Waals surface area contributed by atoms with Crippen LogP contribution in [-0.4, -0.2) is 9.55 Å². The maximum absolute atomic E-state index is 6.30. The van der Waals surface area contributed by atoms with Gasteiger partial charge < -0.3 is 15.0 Å². The molecule has 2 aromatic carbocycles. The van der Waals surface area contributed by atoms with Crippen molar-refractivity contribution >= 4 is 17.3 Å². The first kappa shape index (κ1) is 17.6. The molecule has 3 aromatic rings. The molecular formula is C20H20ClN5O. The smallest absolute Gasteiger partial charge is 0.0999 e. The number of ether oxygens (including phenoxy) is 1. The number of nitrogens with two attached hydrogens (primary N) is 2. The lowest BCUT2D eigenvalue weighted by atomic mass is 10.2. The molecule has 0 spiro atoms. The quantitative estimate of drug-likeness (QED) is 0.678. The molecule has 0 fully saturated rings. The van der Waals surface area contributed by atoms with Crippen molar-refractivity contribution in [3.05, 3.63) is 88.7 Å². The van der Waals surface area contributed by atoms with Crippen molar-refractivity contribution in [2.75, 3.05) is 5.01 Å². The van der Waals surface area contributed by atoms with E-state index in [0.717, 1.165) is 34.0 Å². The number of rotatable bonds is 4. The van der Waals surface area contributed by atoms with Gasteiger partial charge in [-0.15, -0.1) is 0 Å². The Morgan fingerprint density at radius 1 is 1.11 bits per heavy atom. The fourth-order valence-electron chi connectivity index (χ4n) is 3.21. The molecule has 0 saturated heterocycles. The van der Waals surface area contributed by atoms with E-state index >= 15 is 0 Å². The monoisotopic (exact) mass is 381 g/mol. The summed E-state index contributed by atoms with van der Waals surface area (Å²) < 4.78 is 7.90. The van der Waals surface area contributed by atoms with Crippen LogP contribution >= 0.6 is 11.6 Å². The normalized spacial score (nSPS) is 14.7. The summed E-state index contributed by atoms with van der Waals surface area (Å²) in [6.07, 6.45) is 3.85. The van der Waals surface area contributed by atoms with Crippen LogP contribution in [0.2, 0.25) is 5.02 Å². The molecule has 0 radical (unpaired) electrons. The van der Waals surface area contributed by atoms with Gasteiger partial charge in [0.2, 0.25) is 0 Å². The van der Waals surface area contributed by atoms with Gasteiger partial charge in [-0.3, -0.25) is 5.01 Å². The highest BCUT2D eigenvalue weighted by Crippen LogP contribution is 2.34. The minimum absolute atomic E-state index is 0.405. The topological polar surface area (TPSA) is 82.3 Å². The molecular weight excluding hydrogens is 362 g/mol. The van der Waals surface area contributed by atoms with Crippen molar-refractivity contribution < 1.29 is 4.74 Å². The molecule has 0 saturated carbocycles. The van der Waals surface area contributed by atoms with E-state index in [1.165, 1.54) is 6.20 Å². The van der Waals surface area contributed by atoms with Crippen LogP contribution in [-0.2, 0) is 24.4 Å². The van der Waals surface area contributed by atoms with Crippen molar-refractivity contribution in [2.45, 2.75) is 19.6 Å². The number of benzene rings is 2. The van der Waals surface area contributed by atoms with Gasteiger partial charge >= 0.3 is 0 Å². The summed E-state index contributed by atoms with van der Waals surface area (Å²) in [7, 11) is 0. The van der Waals surface area contributed by atoms with Gasteiger partial charge in [0, 0.05) is 17.6 Å². The molecule has 0 unspecified atom stereocenters. The Balaban J connectivity index is 1.65. The molecule has 1 aliphatic heterocycles. The second-order valence-electron chi connectivity index (χ2n) is 6.32. The van der Waals surface area contributed by atoms with Crippen LogP contribution in [0.1, 0.15) is 17.0 Å². The maximum Gasteiger partial charge on any atom is 0.0999 e. The number of aromatic nitrogens is 2. The molecule has 0 atom stereocenters. The molecule has 0 aliphatic carbocycles. The molecule has 1 aliphatic rings. The largest absolute Gasteiger partial charge is 0.403 e. The van der Waals surface area contributed by atoms with Crippen LogP contribution in [0.15, 0.2) is 66.8 Å². The third kappa shape index (κ3) is 3.42. The first-order valence-corrected chi connectivity index (χ1v) is 8.97. The molecule has 4 rings (SSSR count). The lowest BCUT2D eigenvalue weighted by molar-refractivity contribution is 0.104. The van der Waals surface area contributed by atoms with Gasteiger partial charge in [-0.25, -0.2) is 10.8 Å². The van der Waals surface area contributed by atoms with Gasteiger partial charge in [-0.05, 0) is 23.8 Å². The third-order valence-electron chi connectivity index (χ3n) is 4.61. The standard InChI is InChI=1S/C20H20ClN5O/c21-15-6-7-18-20(8-15)26(23)16(10-22)9-19-17(24-13-25(18)19)12-27-11-14-4-2-1-3-5-14/h1-8,10,13H,9,11-12,22-23H2/b16-10-. The highest BCUT2D eigenvalue weighted by atomic mass is 35.5. The fourth-order valence-corrected chi connectivity index (χ4v) is 3.38. The van der Waals surface area contributed by atoms with E-state index < -0.39 is 0 Å². The molecule has 6 nitrogen and oxygen atoms in total. The van der Waals surface area contributed by atoms with Crippen LogP contribution < -0.4 is 16.6 Å². The maximum atomic E-state index is 6.30. The van der Waals surface area contributed by atoms with Crippen molar-refractivity contribution in [1.82, 2.24) is 9.55 Å². The molecule has 0 amide bonds. The molecule has 7 heteroatoms. The SMILES string of the molecule is N/C=C1/Cc2c(COCc3ccccc3)ncn2-c2ccc(Cl)cc2N1N. The predicted octanol–water partition coefficient (Wildman–Crippen LogP) is 3.28. The molecule has 4 N–H and O–H groups in total. The Morgan fingerprint density at radius 2 is 1.93 bits per heavy atom. The van der Waals surface area contributed by atoms with Crippen LogP contribution in [0, 0.1) is 0 Å². The first-order valence-electron chi connectivity index (χ1n) is 8.59. The van der Waals surface area contributed by atoms with E-state index in [2.05, 4.69) is 4.98 Å². The number of imidazole rings is 1. The van der Waals surface area contributed by atoms with E-state index in [0.29, 0.717) is 24.7 Å². The highest BCUT2D eigenvalue weighted by Gasteiger charge is 2.24. The van der Waals surface area contributed by atoms with E-state index in [4.69, 9.17) is 27.9 Å². The highest BCUT2D eigenvalue weighted by molar-refractivity contribution is 6.31. The number of fused-ring (bicyclic) bond motifs is 3. The molecule has 27 heavy (non-hydrogen) atoms. The number of hydrogen-bond acceptors (Lipinski definition) is 5. The van der Waals surface area contributed by atoms with Gasteiger partial charge in [0.05, 0.1) is 48.0 Å². The number of halogens is 1. The summed E-state index contributed by atoms with van der Waals surface area (Å²) in [6.45, 7) is 0.935. The summed E-state index contributed by atoms with van der Waals surface area (Å²) in [5.41, 5.74) is 11.3. The summed E-state index contributed by atoms with van der Waals surface area (Å²) >= 11 is 6.17. The Morgan fingerprint density at radius 3 is 2.70 bits per heavy atom. The van der Waals surface area contributed by atoms with Crippen molar-refractivity contribution in [2.24, 2.45) is 11.6 Å². The van der Waals surface area contributed by atoms with Crippen molar-refractivity contribution in [3.63, 3.8) is 0 Å². The van der Waals surface area contributed by atoms with Crippen LogP contribution in [0.25, 0.3) is 5.69 Å². The summed E-state index contributed by atoms with van der Waals surface area (Å²) in [6, 6.07) is 15.6. The predicted molar refractivity (Wildman–Crippen MR) is 106 cm³/mol. The zero-order valence-electron chi connectivity index (χ0n) is 14.7. The summed E-state index contributed by atoms with van der Waals surface area (Å²) in [5.74, 6) is 6.30. The molecule has 0 bridgehead atoms. The molecule has 1 aromatic heterocycles. The Labute approximate surface area is 162 Å². The van der Waals surface area contributed by atoms with Crippen molar-refractivity contribution in [1.29, 1.82) is 0 Å². The number of allylic oxidation sites excluding steroid dienone is 1. The van der Waals surface area contributed by atoms with E-state index in [1.807, 2.05) is 53.1 Å². The van der Waals surface area contributed by atoms with Crippen LogP contribution in [0.5, 0.6) is 0 Å². The second-order valence-corrected chi connectivity index (χ2v) is 6.76. The number of hydrogen-bond donors (Lipinski definition) is 2. The van der Waals surface area contributed by atoms with Gasteiger partial charge in [-0.2, -0.15) is 0 Å². The lowest BCUT2D eigenvalue weighted by Crippen LogP contribution is -2.31. The molecule has 138 valence electrons. The van der Waals surface area contributed by atoms with E-state index in [-0.39, 0.29) is 0 Å².